The molecule has 33 heavy (non-hydrogen) atoms. The molecule has 8 nitrogen and oxygen atoms in total. The van der Waals surface area contributed by atoms with Gasteiger partial charge >= 0.3 is 5.56 Å². The number of nitrogens with zero attached hydrogens (tertiary/aromatic N) is 4. The molecule has 170 valence electrons. The van der Waals surface area contributed by atoms with Crippen molar-refractivity contribution in [3.63, 3.8) is 0 Å². The van der Waals surface area contributed by atoms with Crippen LogP contribution in [0.3, 0.4) is 0 Å². The van der Waals surface area contributed by atoms with Gasteiger partial charge in [-0.3, -0.25) is 18.6 Å². The van der Waals surface area contributed by atoms with Gasteiger partial charge in [0.15, 0.2) is 5.16 Å². The third kappa shape index (κ3) is 4.63. The lowest BCUT2D eigenvalue weighted by molar-refractivity contribution is -0.115. The predicted molar refractivity (Wildman–Crippen MR) is 130 cm³/mol. The van der Waals surface area contributed by atoms with Crippen molar-refractivity contribution < 1.29 is 9.53 Å². The van der Waals surface area contributed by atoms with E-state index in [9.17, 15) is 9.59 Å². The lowest BCUT2D eigenvalue weighted by atomic mass is 10.1. The number of ether oxygens (including phenoxy) is 1. The third-order valence-electron chi connectivity index (χ3n) is 5.33. The molecule has 4 rings (SSSR count). The summed E-state index contributed by atoms with van der Waals surface area (Å²) in [5, 5.41) is 11.4. The summed E-state index contributed by atoms with van der Waals surface area (Å²) in [7, 11) is 1.58. The van der Waals surface area contributed by atoms with Gasteiger partial charge in [-0.2, -0.15) is 0 Å². The Kier molecular flexibility index (Phi) is 6.50. The molecule has 9 heteroatoms. The second kappa shape index (κ2) is 9.50. The van der Waals surface area contributed by atoms with E-state index in [4.69, 9.17) is 4.74 Å². The summed E-state index contributed by atoms with van der Waals surface area (Å²) in [4.78, 5) is 26.0. The fourth-order valence-corrected chi connectivity index (χ4v) is 4.38. The van der Waals surface area contributed by atoms with Crippen LogP contribution in [0.4, 0.5) is 5.69 Å². The van der Waals surface area contributed by atoms with Gasteiger partial charge in [0.2, 0.25) is 11.6 Å². The van der Waals surface area contributed by atoms with E-state index in [0.717, 1.165) is 16.8 Å². The van der Waals surface area contributed by atoms with Gasteiger partial charge < -0.3 is 10.1 Å². The van der Waals surface area contributed by atoms with Crippen molar-refractivity contribution in [1.82, 2.24) is 19.2 Å². The van der Waals surface area contributed by atoms with Crippen LogP contribution in [0.2, 0.25) is 0 Å². The summed E-state index contributed by atoms with van der Waals surface area (Å²) >= 11 is 1.29. The fraction of sp³-hybridized carbons (Fsp3) is 0.250. The van der Waals surface area contributed by atoms with Gasteiger partial charge in [0, 0.05) is 24.1 Å². The molecule has 1 unspecified atom stereocenters. The molecule has 0 aliphatic rings. The first-order valence-corrected chi connectivity index (χ1v) is 11.4. The van der Waals surface area contributed by atoms with Crippen LogP contribution in [0.25, 0.3) is 11.3 Å². The molecule has 0 saturated carbocycles. The maximum atomic E-state index is 13.1. The number of carbonyl (C=O) groups excluding carboxylic acids is 1. The maximum absolute atomic E-state index is 13.1. The summed E-state index contributed by atoms with van der Waals surface area (Å²) < 4.78 is 8.37. The van der Waals surface area contributed by atoms with E-state index in [1.807, 2.05) is 57.2 Å². The SMILES string of the molecule is CCC(Sc1nnc2c(=O)n(-c3cccc(OC)c3)ccn12)C(=O)Nc1cc(C)ccc1C. The number of nitrogens with one attached hydrogen (secondary N) is 1. The van der Waals surface area contributed by atoms with Crippen LogP contribution < -0.4 is 15.6 Å². The van der Waals surface area contributed by atoms with Gasteiger partial charge in [0.05, 0.1) is 18.0 Å². The van der Waals surface area contributed by atoms with Gasteiger partial charge in [-0.25, -0.2) is 0 Å². The Morgan fingerprint density at radius 2 is 1.97 bits per heavy atom. The van der Waals surface area contributed by atoms with Crippen molar-refractivity contribution in [2.75, 3.05) is 12.4 Å². The first-order valence-electron chi connectivity index (χ1n) is 10.6. The Labute approximate surface area is 195 Å². The quantitative estimate of drug-likeness (QED) is 0.417. The average molecular weight is 464 g/mol. The van der Waals surface area contributed by atoms with E-state index < -0.39 is 5.25 Å². The van der Waals surface area contributed by atoms with E-state index in [0.29, 0.717) is 23.0 Å². The van der Waals surface area contributed by atoms with Crippen molar-refractivity contribution in [2.45, 2.75) is 37.6 Å². The number of thioether (sulfide) groups is 1. The number of rotatable bonds is 7. The molecular weight excluding hydrogens is 438 g/mol. The first-order chi connectivity index (χ1) is 15.9. The van der Waals surface area contributed by atoms with Crippen molar-refractivity contribution in [3.05, 3.63) is 76.3 Å². The number of aromatic nitrogens is 4. The smallest absolute Gasteiger partial charge is 0.300 e. The van der Waals surface area contributed by atoms with Gasteiger partial charge in [-0.1, -0.05) is 36.9 Å². The van der Waals surface area contributed by atoms with Crippen LogP contribution in [0.15, 0.2) is 64.8 Å². The highest BCUT2D eigenvalue weighted by molar-refractivity contribution is 8.00. The lowest BCUT2D eigenvalue weighted by Gasteiger charge is -2.15. The van der Waals surface area contributed by atoms with Crippen molar-refractivity contribution >= 4 is 29.0 Å². The molecule has 1 amide bonds. The van der Waals surface area contributed by atoms with Crippen LogP contribution in [0, 0.1) is 13.8 Å². The Hall–Kier alpha value is -3.59. The summed E-state index contributed by atoms with van der Waals surface area (Å²) in [6, 6.07) is 13.2. The van der Waals surface area contributed by atoms with Crippen molar-refractivity contribution in [1.29, 1.82) is 0 Å². The summed E-state index contributed by atoms with van der Waals surface area (Å²) in [6.45, 7) is 5.89. The Balaban J connectivity index is 1.60. The topological polar surface area (TPSA) is 90.5 Å². The minimum absolute atomic E-state index is 0.113. The largest absolute Gasteiger partial charge is 0.497 e. The first kappa shape index (κ1) is 22.6. The number of benzene rings is 2. The maximum Gasteiger partial charge on any atom is 0.300 e. The molecule has 0 bridgehead atoms. The molecule has 2 aromatic carbocycles. The van der Waals surface area contributed by atoms with Gasteiger partial charge in [-0.15, -0.1) is 10.2 Å². The molecular formula is C24H25N5O3S. The minimum atomic E-state index is -0.391. The Bertz CT molecular complexity index is 1380. The highest BCUT2D eigenvalue weighted by atomic mass is 32.2. The molecule has 2 aromatic heterocycles. The summed E-state index contributed by atoms with van der Waals surface area (Å²) in [6.07, 6.45) is 3.99. The normalized spacial score (nSPS) is 12.0. The molecule has 4 aromatic rings. The number of methoxy groups -OCH3 is 1. The monoisotopic (exact) mass is 463 g/mol. The number of carbonyl (C=O) groups is 1. The van der Waals surface area contributed by atoms with Gasteiger partial charge in [0.1, 0.15) is 5.75 Å². The van der Waals surface area contributed by atoms with Crippen LogP contribution >= 0.6 is 11.8 Å². The number of hydrogen-bond donors (Lipinski definition) is 1. The summed E-state index contributed by atoms with van der Waals surface area (Å²) in [5.74, 6) is 0.537. The minimum Gasteiger partial charge on any atom is -0.497 e. The lowest BCUT2D eigenvalue weighted by Crippen LogP contribution is -2.25. The van der Waals surface area contributed by atoms with Crippen LogP contribution in [-0.2, 0) is 4.79 Å². The van der Waals surface area contributed by atoms with E-state index in [2.05, 4.69) is 15.5 Å². The highest BCUT2D eigenvalue weighted by Gasteiger charge is 2.22. The van der Waals surface area contributed by atoms with Crippen molar-refractivity contribution in [2.24, 2.45) is 0 Å². The molecule has 0 saturated heterocycles. The predicted octanol–water partition coefficient (Wildman–Crippen LogP) is 4.02. The Morgan fingerprint density at radius 1 is 1.15 bits per heavy atom. The molecule has 1 N–H and O–H groups in total. The molecule has 0 fully saturated rings. The molecule has 1 atom stereocenters. The van der Waals surface area contributed by atoms with Crippen LogP contribution in [0.5, 0.6) is 5.75 Å². The standard InChI is InChI=1S/C24H25N5O3S/c1-5-20(22(30)25-19-13-15(2)9-10-16(19)3)33-24-27-26-21-23(31)28(11-12-29(21)24)17-7-6-8-18(14-17)32-4/h6-14,20H,5H2,1-4H3,(H,25,30). The molecule has 0 radical (unpaired) electrons. The van der Waals surface area contributed by atoms with E-state index >= 15 is 0 Å². The fourth-order valence-electron chi connectivity index (χ4n) is 3.44. The molecule has 2 heterocycles. The van der Waals surface area contributed by atoms with Crippen LogP contribution in [-0.4, -0.2) is 37.4 Å². The van der Waals surface area contributed by atoms with Crippen LogP contribution in [0.1, 0.15) is 24.5 Å². The zero-order chi connectivity index (χ0) is 23.5. The van der Waals surface area contributed by atoms with E-state index in [-0.39, 0.29) is 17.1 Å². The number of hydrogen-bond acceptors (Lipinski definition) is 6. The summed E-state index contributed by atoms with van der Waals surface area (Å²) in [5.41, 5.74) is 3.42. The van der Waals surface area contributed by atoms with E-state index in [1.165, 1.54) is 16.3 Å². The number of amides is 1. The third-order valence-corrected chi connectivity index (χ3v) is 6.65. The van der Waals surface area contributed by atoms with Gasteiger partial charge in [-0.05, 0) is 49.6 Å². The number of aryl methyl sites for hydroxylation is 2. The highest BCUT2D eigenvalue weighted by Crippen LogP contribution is 2.26. The van der Waals surface area contributed by atoms with E-state index in [1.54, 1.807) is 30.0 Å². The van der Waals surface area contributed by atoms with Crippen molar-refractivity contribution in [3.8, 4) is 11.4 Å². The zero-order valence-electron chi connectivity index (χ0n) is 18.9. The second-order valence-corrected chi connectivity index (χ2v) is 8.84. The molecule has 0 spiro atoms. The Morgan fingerprint density at radius 3 is 2.73 bits per heavy atom. The average Bonchev–Trinajstić information content (AvgIpc) is 3.23. The molecule has 0 aliphatic heterocycles. The number of fused-ring (bicyclic) bond motifs is 1. The number of anilines is 1. The molecule has 0 aliphatic carbocycles. The second-order valence-electron chi connectivity index (χ2n) is 7.67. The zero-order valence-corrected chi connectivity index (χ0v) is 19.7. The van der Waals surface area contributed by atoms with Gasteiger partial charge in [0.25, 0.3) is 0 Å².